The van der Waals surface area contributed by atoms with Gasteiger partial charge in [0, 0.05) is 4.47 Å². The molecule has 2 aromatic carbocycles. The largest absolute Gasteiger partial charge is 0.445 e. The second-order valence-corrected chi connectivity index (χ2v) is 6.09. The molecule has 2 N–H and O–H groups in total. The Labute approximate surface area is 150 Å². The Morgan fingerprint density at radius 3 is 2.48 bits per heavy atom. The molecule has 2 aromatic rings. The number of alkyl halides is 3. The lowest BCUT2D eigenvalue weighted by Gasteiger charge is -2.21. The molecule has 2 rings (SSSR count). The van der Waals surface area contributed by atoms with Crippen molar-refractivity contribution in [1.29, 1.82) is 0 Å². The quantitative estimate of drug-likeness (QED) is 0.756. The SMILES string of the molecule is O=C(NC(CO)c1ccc(Br)cc1C(F)(F)F)OCc1ccccc1. The Hall–Kier alpha value is -2.06. The summed E-state index contributed by atoms with van der Waals surface area (Å²) in [5, 5.41) is 11.7. The average Bonchev–Trinajstić information content (AvgIpc) is 2.58. The van der Waals surface area contributed by atoms with Crippen LogP contribution in [0.3, 0.4) is 0 Å². The van der Waals surface area contributed by atoms with Gasteiger partial charge < -0.3 is 15.2 Å². The fourth-order valence-corrected chi connectivity index (χ4v) is 2.57. The van der Waals surface area contributed by atoms with Gasteiger partial charge in [0.25, 0.3) is 0 Å². The summed E-state index contributed by atoms with van der Waals surface area (Å²) < 4.78 is 44.8. The van der Waals surface area contributed by atoms with E-state index in [9.17, 15) is 23.1 Å². The number of amides is 1. The third kappa shape index (κ3) is 5.47. The Morgan fingerprint density at radius 1 is 1.20 bits per heavy atom. The van der Waals surface area contributed by atoms with Gasteiger partial charge in [0.1, 0.15) is 6.61 Å². The summed E-state index contributed by atoms with van der Waals surface area (Å²) in [5.41, 5.74) is -0.447. The number of rotatable bonds is 5. The van der Waals surface area contributed by atoms with Gasteiger partial charge in [-0.25, -0.2) is 4.79 Å². The molecule has 0 saturated carbocycles. The zero-order chi connectivity index (χ0) is 18.4. The minimum atomic E-state index is -4.62. The first-order valence-corrected chi connectivity index (χ1v) is 8.05. The number of benzene rings is 2. The number of ether oxygens (including phenoxy) is 1. The van der Waals surface area contributed by atoms with Crippen molar-refractivity contribution in [3.63, 3.8) is 0 Å². The van der Waals surface area contributed by atoms with Crippen LogP contribution >= 0.6 is 15.9 Å². The van der Waals surface area contributed by atoms with Crippen LogP contribution in [0.15, 0.2) is 53.0 Å². The van der Waals surface area contributed by atoms with Crippen LogP contribution < -0.4 is 5.32 Å². The smallest absolute Gasteiger partial charge is 0.416 e. The van der Waals surface area contributed by atoms with Gasteiger partial charge in [-0.2, -0.15) is 13.2 Å². The summed E-state index contributed by atoms with van der Waals surface area (Å²) in [6.45, 7) is -0.734. The number of alkyl carbamates (subject to hydrolysis) is 1. The molecule has 0 aliphatic rings. The van der Waals surface area contributed by atoms with Crippen molar-refractivity contribution >= 4 is 22.0 Å². The van der Waals surface area contributed by atoms with Gasteiger partial charge in [0.2, 0.25) is 0 Å². The van der Waals surface area contributed by atoms with E-state index in [0.717, 1.165) is 11.6 Å². The van der Waals surface area contributed by atoms with Crippen LogP contribution in [-0.4, -0.2) is 17.8 Å². The molecule has 0 fully saturated rings. The van der Waals surface area contributed by atoms with E-state index >= 15 is 0 Å². The van der Waals surface area contributed by atoms with Gasteiger partial charge in [-0.1, -0.05) is 52.3 Å². The molecule has 1 unspecified atom stereocenters. The fraction of sp³-hybridized carbons (Fsp3) is 0.235. The molecule has 8 heteroatoms. The molecule has 1 amide bonds. The zero-order valence-electron chi connectivity index (χ0n) is 12.9. The minimum absolute atomic E-state index is 0.0305. The minimum Gasteiger partial charge on any atom is -0.445 e. The van der Waals surface area contributed by atoms with Crippen molar-refractivity contribution in [1.82, 2.24) is 5.32 Å². The van der Waals surface area contributed by atoms with Crippen LogP contribution in [-0.2, 0) is 17.5 Å². The highest BCUT2D eigenvalue weighted by Crippen LogP contribution is 2.36. The maximum atomic E-state index is 13.2. The highest BCUT2D eigenvalue weighted by Gasteiger charge is 2.35. The van der Waals surface area contributed by atoms with Gasteiger partial charge in [-0.15, -0.1) is 0 Å². The second kappa shape index (κ2) is 8.35. The summed E-state index contributed by atoms with van der Waals surface area (Å²) in [6, 6.07) is 11.1. The van der Waals surface area contributed by atoms with E-state index in [0.29, 0.717) is 0 Å². The van der Waals surface area contributed by atoms with E-state index in [1.807, 2.05) is 0 Å². The molecule has 134 valence electrons. The van der Waals surface area contributed by atoms with E-state index in [4.69, 9.17) is 4.74 Å². The van der Waals surface area contributed by atoms with E-state index in [1.54, 1.807) is 30.3 Å². The maximum Gasteiger partial charge on any atom is 0.416 e. The number of carbonyl (C=O) groups is 1. The van der Waals surface area contributed by atoms with Crippen LogP contribution in [0.25, 0.3) is 0 Å². The van der Waals surface area contributed by atoms with E-state index < -0.39 is 30.5 Å². The lowest BCUT2D eigenvalue weighted by atomic mass is 10.0. The molecule has 4 nitrogen and oxygen atoms in total. The third-order valence-corrected chi connectivity index (χ3v) is 3.88. The molecular formula is C17H15BrF3NO3. The van der Waals surface area contributed by atoms with E-state index in [-0.39, 0.29) is 16.6 Å². The summed E-state index contributed by atoms with van der Waals surface area (Å²) in [7, 11) is 0. The summed E-state index contributed by atoms with van der Waals surface area (Å²) in [4.78, 5) is 11.9. The topological polar surface area (TPSA) is 58.6 Å². The molecule has 0 aliphatic carbocycles. The Kier molecular flexibility index (Phi) is 6.44. The molecule has 0 aromatic heterocycles. The zero-order valence-corrected chi connectivity index (χ0v) is 14.5. The summed E-state index contributed by atoms with van der Waals surface area (Å²) in [6.07, 6.45) is -5.54. The third-order valence-electron chi connectivity index (χ3n) is 3.38. The van der Waals surface area contributed by atoms with Crippen LogP contribution in [0.4, 0.5) is 18.0 Å². The van der Waals surface area contributed by atoms with Crippen LogP contribution in [0.2, 0.25) is 0 Å². The van der Waals surface area contributed by atoms with Crippen molar-refractivity contribution in [3.05, 3.63) is 69.7 Å². The van der Waals surface area contributed by atoms with Crippen molar-refractivity contribution in [2.24, 2.45) is 0 Å². The van der Waals surface area contributed by atoms with Gasteiger partial charge in [-0.3, -0.25) is 0 Å². The maximum absolute atomic E-state index is 13.2. The van der Waals surface area contributed by atoms with Crippen molar-refractivity contribution in [2.75, 3.05) is 6.61 Å². The lowest BCUT2D eigenvalue weighted by molar-refractivity contribution is -0.138. The first-order valence-electron chi connectivity index (χ1n) is 7.26. The molecule has 25 heavy (non-hydrogen) atoms. The molecule has 0 radical (unpaired) electrons. The van der Waals surface area contributed by atoms with Gasteiger partial charge in [0.05, 0.1) is 18.2 Å². The monoisotopic (exact) mass is 417 g/mol. The van der Waals surface area contributed by atoms with Crippen LogP contribution in [0, 0.1) is 0 Å². The highest BCUT2D eigenvalue weighted by atomic mass is 79.9. The molecule has 0 saturated heterocycles. The number of halogens is 4. The molecule has 0 aliphatic heterocycles. The number of nitrogens with one attached hydrogen (secondary N) is 1. The molecule has 0 bridgehead atoms. The Balaban J connectivity index is 2.11. The van der Waals surface area contributed by atoms with E-state index in [2.05, 4.69) is 21.2 Å². The number of carbonyl (C=O) groups excluding carboxylic acids is 1. The van der Waals surface area contributed by atoms with Crippen molar-refractivity contribution in [2.45, 2.75) is 18.8 Å². The molecule has 0 spiro atoms. The predicted molar refractivity (Wildman–Crippen MR) is 88.7 cm³/mol. The van der Waals surface area contributed by atoms with Crippen LogP contribution in [0.1, 0.15) is 22.7 Å². The average molecular weight is 418 g/mol. The molecule has 0 heterocycles. The van der Waals surface area contributed by atoms with Crippen molar-refractivity contribution in [3.8, 4) is 0 Å². The first-order chi connectivity index (χ1) is 11.8. The van der Waals surface area contributed by atoms with E-state index in [1.165, 1.54) is 12.1 Å². The molecular weight excluding hydrogens is 403 g/mol. The van der Waals surface area contributed by atoms with Crippen LogP contribution in [0.5, 0.6) is 0 Å². The highest BCUT2D eigenvalue weighted by molar-refractivity contribution is 9.10. The second-order valence-electron chi connectivity index (χ2n) is 5.17. The Bertz CT molecular complexity index is 723. The Morgan fingerprint density at radius 2 is 1.88 bits per heavy atom. The number of hydrogen-bond donors (Lipinski definition) is 2. The van der Waals surface area contributed by atoms with Gasteiger partial charge in [0.15, 0.2) is 0 Å². The number of aliphatic hydroxyl groups is 1. The first kappa shape index (κ1) is 19.3. The lowest BCUT2D eigenvalue weighted by Crippen LogP contribution is -2.32. The standard InChI is InChI=1S/C17H15BrF3NO3/c18-12-6-7-13(14(8-12)17(19,20)21)15(9-23)22-16(24)25-10-11-4-2-1-3-5-11/h1-8,15,23H,9-10H2,(H,22,24). The number of aliphatic hydroxyl groups excluding tert-OH is 1. The van der Waals surface area contributed by atoms with Crippen molar-refractivity contribution < 1.29 is 27.8 Å². The molecule has 1 atom stereocenters. The number of hydrogen-bond acceptors (Lipinski definition) is 3. The normalized spacial score (nSPS) is 12.5. The van der Waals surface area contributed by atoms with Gasteiger partial charge in [-0.05, 0) is 23.3 Å². The fourth-order valence-electron chi connectivity index (χ4n) is 2.21. The summed E-state index contributed by atoms with van der Waals surface area (Å²) in [5.74, 6) is 0. The van der Waals surface area contributed by atoms with Gasteiger partial charge >= 0.3 is 12.3 Å². The summed E-state index contributed by atoms with van der Waals surface area (Å²) >= 11 is 2.99. The predicted octanol–water partition coefficient (Wildman–Crippen LogP) is 4.43.